The first kappa shape index (κ1) is 14.7. The molecule has 21 heavy (non-hydrogen) atoms. The second kappa shape index (κ2) is 7.14. The lowest BCUT2D eigenvalue weighted by Crippen LogP contribution is -2.14. The van der Waals surface area contributed by atoms with Crippen LogP contribution in [0.3, 0.4) is 0 Å². The van der Waals surface area contributed by atoms with E-state index in [-0.39, 0.29) is 11.6 Å². The zero-order chi connectivity index (χ0) is 15.1. The van der Waals surface area contributed by atoms with Crippen LogP contribution in [0.5, 0.6) is 0 Å². The minimum Gasteiger partial charge on any atom is -0.874 e. The maximum absolute atomic E-state index is 11.8. The minimum atomic E-state index is 0.0431. The van der Waals surface area contributed by atoms with Crippen LogP contribution in [-0.2, 0) is 13.0 Å². The highest BCUT2D eigenvalue weighted by atomic mass is 16.3. The molecule has 0 atom stereocenters. The van der Waals surface area contributed by atoms with Gasteiger partial charge in [0.15, 0.2) is 0 Å². The second-order valence-electron chi connectivity index (χ2n) is 4.76. The van der Waals surface area contributed by atoms with Crippen LogP contribution >= 0.6 is 0 Å². The van der Waals surface area contributed by atoms with Crippen molar-refractivity contribution in [2.24, 2.45) is 5.73 Å². The number of rotatable bonds is 6. The van der Waals surface area contributed by atoms with Gasteiger partial charge in [0.2, 0.25) is 0 Å². The molecule has 0 unspecified atom stereocenters. The van der Waals surface area contributed by atoms with E-state index in [2.05, 4.69) is 5.32 Å². The van der Waals surface area contributed by atoms with Crippen molar-refractivity contribution < 1.29 is 5.11 Å². The number of allylic oxidation sites excluding steroid dienone is 1. The van der Waals surface area contributed by atoms with Gasteiger partial charge in [-0.1, -0.05) is 54.6 Å². The van der Waals surface area contributed by atoms with Crippen LogP contribution in [0, 0.1) is 5.41 Å². The van der Waals surface area contributed by atoms with E-state index in [1.165, 1.54) is 6.20 Å². The van der Waals surface area contributed by atoms with Crippen LogP contribution in [0.2, 0.25) is 0 Å². The Labute approximate surface area is 124 Å². The summed E-state index contributed by atoms with van der Waals surface area (Å²) in [5.41, 5.74) is 8.13. The Morgan fingerprint density at radius 3 is 2.33 bits per heavy atom. The first-order valence-electron chi connectivity index (χ1n) is 6.72. The van der Waals surface area contributed by atoms with Crippen LogP contribution in [0.1, 0.15) is 16.7 Å². The standard InChI is InChI=1S/C17H19N3O/c18-17(19)15-8-6-14(7-9-15)11-20-12-16(21)10-13-4-2-1-3-5-13/h1-9,12,20-21H,10-11H2,(H3,18,19)/p-1. The normalized spacial score (nSPS) is 11.1. The summed E-state index contributed by atoms with van der Waals surface area (Å²) in [6, 6.07) is 17.0. The largest absolute Gasteiger partial charge is 0.874 e. The van der Waals surface area contributed by atoms with Crippen LogP contribution < -0.4 is 16.2 Å². The molecule has 4 heteroatoms. The lowest BCUT2D eigenvalue weighted by atomic mass is 10.1. The fourth-order valence-electron chi connectivity index (χ4n) is 1.93. The third-order valence-corrected chi connectivity index (χ3v) is 3.06. The summed E-state index contributed by atoms with van der Waals surface area (Å²) < 4.78 is 0. The van der Waals surface area contributed by atoms with Gasteiger partial charge < -0.3 is 16.2 Å². The van der Waals surface area contributed by atoms with Crippen LogP contribution in [0.4, 0.5) is 0 Å². The van der Waals surface area contributed by atoms with E-state index < -0.39 is 0 Å². The predicted molar refractivity (Wildman–Crippen MR) is 82.5 cm³/mol. The van der Waals surface area contributed by atoms with Gasteiger partial charge in [-0.25, -0.2) is 0 Å². The Balaban J connectivity index is 1.85. The fraction of sp³-hybridized carbons (Fsp3) is 0.118. The summed E-state index contributed by atoms with van der Waals surface area (Å²) in [6.07, 6.45) is 1.91. The van der Waals surface area contributed by atoms with Crippen molar-refractivity contribution in [3.8, 4) is 0 Å². The summed E-state index contributed by atoms with van der Waals surface area (Å²) in [5, 5.41) is 22.1. The zero-order valence-electron chi connectivity index (χ0n) is 11.7. The minimum absolute atomic E-state index is 0.0431. The molecule has 0 saturated carbocycles. The highest BCUT2D eigenvalue weighted by molar-refractivity contribution is 5.94. The first-order valence-corrected chi connectivity index (χ1v) is 6.72. The summed E-state index contributed by atoms with van der Waals surface area (Å²) in [6.45, 7) is 0.568. The van der Waals surface area contributed by atoms with E-state index in [0.29, 0.717) is 18.5 Å². The number of nitrogens with two attached hydrogens (primary N) is 1. The molecule has 0 spiro atoms. The molecule has 2 aromatic carbocycles. The van der Waals surface area contributed by atoms with Gasteiger partial charge in [0.25, 0.3) is 0 Å². The quantitative estimate of drug-likeness (QED) is 0.426. The van der Waals surface area contributed by atoms with Crippen LogP contribution in [0.25, 0.3) is 0 Å². The zero-order valence-corrected chi connectivity index (χ0v) is 11.7. The van der Waals surface area contributed by atoms with Crippen LogP contribution in [-0.4, -0.2) is 5.84 Å². The molecule has 0 fully saturated rings. The Hall–Kier alpha value is -2.75. The molecule has 0 aliphatic heterocycles. The lowest BCUT2D eigenvalue weighted by molar-refractivity contribution is -0.306. The predicted octanol–water partition coefficient (Wildman–Crippen LogP) is 1.50. The van der Waals surface area contributed by atoms with Crippen molar-refractivity contribution in [2.75, 3.05) is 0 Å². The second-order valence-corrected chi connectivity index (χ2v) is 4.76. The van der Waals surface area contributed by atoms with Crippen molar-refractivity contribution in [1.29, 1.82) is 5.41 Å². The van der Waals surface area contributed by atoms with Crippen molar-refractivity contribution in [2.45, 2.75) is 13.0 Å². The lowest BCUT2D eigenvalue weighted by Gasteiger charge is -2.13. The van der Waals surface area contributed by atoms with Gasteiger partial charge in [-0.05, 0) is 23.7 Å². The summed E-state index contributed by atoms with van der Waals surface area (Å²) in [5.74, 6) is 0.0978. The molecule has 0 bridgehead atoms. The fourth-order valence-corrected chi connectivity index (χ4v) is 1.93. The van der Waals surface area contributed by atoms with Gasteiger partial charge >= 0.3 is 0 Å². The Morgan fingerprint density at radius 1 is 1.05 bits per heavy atom. The average molecular weight is 280 g/mol. The monoisotopic (exact) mass is 280 g/mol. The molecule has 0 radical (unpaired) electrons. The van der Waals surface area contributed by atoms with Crippen molar-refractivity contribution >= 4 is 5.84 Å². The molecule has 0 aliphatic rings. The van der Waals surface area contributed by atoms with Crippen molar-refractivity contribution in [3.63, 3.8) is 0 Å². The molecule has 0 saturated heterocycles. The third kappa shape index (κ3) is 4.69. The Morgan fingerprint density at radius 2 is 1.71 bits per heavy atom. The molecule has 2 rings (SSSR count). The maximum Gasteiger partial charge on any atom is 0.122 e. The van der Waals surface area contributed by atoms with E-state index >= 15 is 0 Å². The van der Waals surface area contributed by atoms with Gasteiger partial charge in [-0.3, -0.25) is 5.41 Å². The van der Waals surface area contributed by atoms with Gasteiger partial charge in [0.05, 0.1) is 0 Å². The van der Waals surface area contributed by atoms with Crippen molar-refractivity contribution in [3.05, 3.63) is 83.2 Å². The molecule has 108 valence electrons. The Kier molecular flexibility index (Phi) is 4.99. The van der Waals surface area contributed by atoms with Gasteiger partial charge in [0.1, 0.15) is 5.84 Å². The van der Waals surface area contributed by atoms with E-state index in [0.717, 1.165) is 11.1 Å². The van der Waals surface area contributed by atoms with Gasteiger partial charge in [-0.2, -0.15) is 0 Å². The van der Waals surface area contributed by atoms with Crippen LogP contribution in [0.15, 0.2) is 66.6 Å². The topological polar surface area (TPSA) is 85.0 Å². The van der Waals surface area contributed by atoms with E-state index in [1.807, 2.05) is 42.5 Å². The molecule has 0 aromatic heterocycles. The number of nitrogen functional groups attached to an aromatic ring is 1. The maximum atomic E-state index is 11.8. The van der Waals surface area contributed by atoms with E-state index in [1.54, 1.807) is 12.1 Å². The van der Waals surface area contributed by atoms with E-state index in [9.17, 15) is 5.11 Å². The van der Waals surface area contributed by atoms with E-state index in [4.69, 9.17) is 11.1 Å². The molecule has 0 aliphatic carbocycles. The number of hydrogen-bond acceptors (Lipinski definition) is 3. The number of benzene rings is 2. The molecule has 0 heterocycles. The molecule has 4 N–H and O–H groups in total. The Bertz CT molecular complexity index is 618. The molecule has 2 aromatic rings. The number of nitrogens with one attached hydrogen (secondary N) is 2. The molecular formula is C17H18N3O-. The highest BCUT2D eigenvalue weighted by Gasteiger charge is 1.96. The first-order chi connectivity index (χ1) is 10.1. The summed E-state index contributed by atoms with van der Waals surface area (Å²) in [7, 11) is 0. The number of amidine groups is 1. The average Bonchev–Trinajstić information content (AvgIpc) is 2.49. The summed E-state index contributed by atoms with van der Waals surface area (Å²) in [4.78, 5) is 0. The smallest absolute Gasteiger partial charge is 0.122 e. The molecular weight excluding hydrogens is 262 g/mol. The molecule has 4 nitrogen and oxygen atoms in total. The van der Waals surface area contributed by atoms with Gasteiger partial charge in [-0.15, -0.1) is 5.76 Å². The van der Waals surface area contributed by atoms with Gasteiger partial charge in [0, 0.05) is 12.1 Å². The highest BCUT2D eigenvalue weighted by Crippen LogP contribution is 2.05. The SMILES string of the molecule is N=C(N)c1ccc(CNC=C([O-])Cc2ccccc2)cc1. The van der Waals surface area contributed by atoms with Crippen molar-refractivity contribution in [1.82, 2.24) is 5.32 Å². The summed E-state index contributed by atoms with van der Waals surface area (Å²) >= 11 is 0. The number of hydrogen-bond donors (Lipinski definition) is 3. The third-order valence-electron chi connectivity index (χ3n) is 3.06. The molecule has 0 amide bonds.